The minimum Gasteiger partial charge on any atom is -0.444 e. The zero-order chi connectivity index (χ0) is 30.1. The Morgan fingerprint density at radius 2 is 1.54 bits per heavy atom. The van der Waals surface area contributed by atoms with Crippen LogP contribution in [0.4, 0.5) is 26.8 Å². The first-order chi connectivity index (χ1) is 19.1. The number of amides is 3. The monoisotopic (exact) mass is 558 g/mol. The Morgan fingerprint density at radius 3 is 2.12 bits per heavy atom. The van der Waals surface area contributed by atoms with Crippen LogP contribution in [0.2, 0.25) is 0 Å². The lowest BCUT2D eigenvalue weighted by atomic mass is 9.98. The molecule has 1 saturated carbocycles. The van der Waals surface area contributed by atoms with Gasteiger partial charge in [0.05, 0.1) is 35.5 Å². The summed E-state index contributed by atoms with van der Waals surface area (Å²) in [6, 6.07) is 7.46. The first-order valence-electron chi connectivity index (χ1n) is 13.2. The van der Waals surface area contributed by atoms with Crippen molar-refractivity contribution in [2.75, 3.05) is 16.0 Å². The van der Waals surface area contributed by atoms with Gasteiger partial charge in [0.2, 0.25) is 5.91 Å². The van der Waals surface area contributed by atoms with Crippen LogP contribution in [-0.4, -0.2) is 39.3 Å². The van der Waals surface area contributed by atoms with Gasteiger partial charge in [-0.3, -0.25) is 20.4 Å². The van der Waals surface area contributed by atoms with Gasteiger partial charge in [0.1, 0.15) is 17.0 Å². The van der Waals surface area contributed by atoms with Crippen LogP contribution in [0.1, 0.15) is 53.5 Å². The van der Waals surface area contributed by atoms with E-state index >= 15 is 0 Å². The third-order valence-electron chi connectivity index (χ3n) is 6.18. The third kappa shape index (κ3) is 7.48. The normalized spacial score (nSPS) is 16.3. The molecule has 11 heteroatoms. The Kier molecular flexibility index (Phi) is 7.88. The van der Waals surface area contributed by atoms with E-state index < -0.39 is 23.4 Å². The van der Waals surface area contributed by atoms with Crippen LogP contribution in [0.5, 0.6) is 0 Å². The number of carbonyl (C=O) groups excluding carboxylic acids is 3. The molecule has 41 heavy (non-hydrogen) atoms. The molecule has 4 rings (SSSR count). The molecule has 0 bridgehead atoms. The molecule has 2 unspecified atom stereocenters. The van der Waals surface area contributed by atoms with E-state index in [1.54, 1.807) is 66.1 Å². The SMILES string of the molecule is Cc1c(NC(=O)OC(C)(C)C)cncc1-c1cc(NC(=O)OC(C)(C)C)c2cnc(NC(=O)C3CC3C#N)cc2c1. The van der Waals surface area contributed by atoms with E-state index in [0.29, 0.717) is 45.5 Å². The molecule has 3 amide bonds. The number of anilines is 3. The van der Waals surface area contributed by atoms with Gasteiger partial charge in [-0.2, -0.15) is 5.26 Å². The number of fused-ring (bicyclic) bond motifs is 1. The lowest BCUT2D eigenvalue weighted by Gasteiger charge is -2.21. The van der Waals surface area contributed by atoms with Gasteiger partial charge in [-0.05, 0) is 89.6 Å². The Morgan fingerprint density at radius 1 is 0.902 bits per heavy atom. The molecule has 2 aromatic heterocycles. The highest BCUT2D eigenvalue weighted by molar-refractivity contribution is 6.04. The number of hydrogen-bond donors (Lipinski definition) is 3. The van der Waals surface area contributed by atoms with Crippen LogP contribution in [0, 0.1) is 30.1 Å². The number of nitriles is 1. The maximum atomic E-state index is 12.7. The summed E-state index contributed by atoms with van der Waals surface area (Å²) in [5, 5.41) is 18.7. The highest BCUT2D eigenvalue weighted by atomic mass is 16.6. The minimum absolute atomic E-state index is 0.257. The lowest BCUT2D eigenvalue weighted by Crippen LogP contribution is -2.27. The maximum absolute atomic E-state index is 12.7. The van der Waals surface area contributed by atoms with Crippen LogP contribution in [0.15, 0.2) is 36.8 Å². The van der Waals surface area contributed by atoms with Crippen molar-refractivity contribution < 1.29 is 23.9 Å². The van der Waals surface area contributed by atoms with E-state index in [1.807, 2.05) is 13.0 Å². The van der Waals surface area contributed by atoms with Gasteiger partial charge in [0.15, 0.2) is 0 Å². The smallest absolute Gasteiger partial charge is 0.412 e. The molecule has 0 saturated heterocycles. The molecule has 3 N–H and O–H groups in total. The van der Waals surface area contributed by atoms with Crippen molar-refractivity contribution in [3.8, 4) is 17.2 Å². The molecule has 3 aromatic rings. The molecule has 1 aliphatic rings. The molecule has 2 heterocycles. The van der Waals surface area contributed by atoms with E-state index in [-0.39, 0.29) is 17.7 Å². The van der Waals surface area contributed by atoms with E-state index in [4.69, 9.17) is 14.7 Å². The van der Waals surface area contributed by atoms with Gasteiger partial charge in [-0.15, -0.1) is 0 Å². The van der Waals surface area contributed by atoms with Crippen molar-refractivity contribution in [1.29, 1.82) is 5.26 Å². The van der Waals surface area contributed by atoms with Crippen molar-refractivity contribution in [3.05, 3.63) is 42.4 Å². The van der Waals surface area contributed by atoms with Crippen molar-refractivity contribution >= 4 is 46.1 Å². The average Bonchev–Trinajstić information content (AvgIpc) is 3.63. The zero-order valence-corrected chi connectivity index (χ0v) is 24.2. The summed E-state index contributed by atoms with van der Waals surface area (Å²) in [4.78, 5) is 46.4. The summed E-state index contributed by atoms with van der Waals surface area (Å²) in [6.45, 7) is 12.5. The van der Waals surface area contributed by atoms with Gasteiger partial charge >= 0.3 is 12.2 Å². The fourth-order valence-corrected chi connectivity index (χ4v) is 4.20. The molecular weight excluding hydrogens is 524 g/mol. The maximum Gasteiger partial charge on any atom is 0.412 e. The summed E-state index contributed by atoms with van der Waals surface area (Å²) in [7, 11) is 0. The van der Waals surface area contributed by atoms with E-state index in [1.165, 1.54) is 6.20 Å². The van der Waals surface area contributed by atoms with E-state index in [9.17, 15) is 14.4 Å². The largest absolute Gasteiger partial charge is 0.444 e. The van der Waals surface area contributed by atoms with Gasteiger partial charge in [-0.1, -0.05) is 0 Å². The van der Waals surface area contributed by atoms with Gasteiger partial charge in [0.25, 0.3) is 0 Å². The second kappa shape index (κ2) is 11.0. The van der Waals surface area contributed by atoms with Crippen LogP contribution >= 0.6 is 0 Å². The number of nitrogens with one attached hydrogen (secondary N) is 3. The topological polar surface area (TPSA) is 155 Å². The number of aromatic nitrogens is 2. The molecule has 2 atom stereocenters. The molecule has 0 aliphatic heterocycles. The summed E-state index contributed by atoms with van der Waals surface area (Å²) < 4.78 is 10.8. The minimum atomic E-state index is -0.709. The summed E-state index contributed by atoms with van der Waals surface area (Å²) in [5.41, 5.74) is 1.65. The summed E-state index contributed by atoms with van der Waals surface area (Å²) >= 11 is 0. The number of benzene rings is 1. The third-order valence-corrected chi connectivity index (χ3v) is 6.18. The molecule has 1 aliphatic carbocycles. The number of ether oxygens (including phenoxy) is 2. The van der Waals surface area contributed by atoms with Crippen molar-refractivity contribution in [1.82, 2.24) is 9.97 Å². The number of rotatable bonds is 5. The van der Waals surface area contributed by atoms with Gasteiger partial charge in [-0.25, -0.2) is 14.6 Å². The lowest BCUT2D eigenvalue weighted by molar-refractivity contribution is -0.117. The van der Waals surface area contributed by atoms with Crippen LogP contribution in [-0.2, 0) is 14.3 Å². The van der Waals surface area contributed by atoms with Gasteiger partial charge < -0.3 is 14.8 Å². The first kappa shape index (κ1) is 29.3. The first-order valence-corrected chi connectivity index (χ1v) is 13.2. The zero-order valence-electron chi connectivity index (χ0n) is 24.2. The quantitative estimate of drug-likeness (QED) is 0.325. The Labute approximate surface area is 238 Å². The Bertz CT molecular complexity index is 1560. The Hall–Kier alpha value is -4.72. The second-order valence-corrected chi connectivity index (χ2v) is 12.0. The Balaban J connectivity index is 1.73. The van der Waals surface area contributed by atoms with Crippen molar-refractivity contribution in [2.24, 2.45) is 11.8 Å². The number of carbonyl (C=O) groups is 3. The predicted octanol–water partition coefficient (Wildman–Crippen LogP) is 6.40. The van der Waals surface area contributed by atoms with Crippen molar-refractivity contribution in [3.63, 3.8) is 0 Å². The van der Waals surface area contributed by atoms with Crippen LogP contribution in [0.3, 0.4) is 0 Å². The van der Waals surface area contributed by atoms with E-state index in [0.717, 1.165) is 5.56 Å². The molecule has 214 valence electrons. The highest BCUT2D eigenvalue weighted by Crippen LogP contribution is 2.39. The fraction of sp³-hybridized carbons (Fsp3) is 0.400. The summed E-state index contributed by atoms with van der Waals surface area (Å²) in [5.74, 6) is -0.555. The highest BCUT2D eigenvalue weighted by Gasteiger charge is 2.43. The average molecular weight is 559 g/mol. The van der Waals surface area contributed by atoms with Crippen LogP contribution < -0.4 is 16.0 Å². The molecule has 11 nitrogen and oxygen atoms in total. The molecule has 0 radical (unpaired) electrons. The van der Waals surface area contributed by atoms with Gasteiger partial charge in [0, 0.05) is 23.3 Å². The van der Waals surface area contributed by atoms with Crippen LogP contribution in [0.25, 0.3) is 21.9 Å². The standard InChI is InChI=1S/C30H34N6O5/c1-16-21(13-32-15-24(16)35-28(39)41-30(5,6)7)17-8-18-11-25(36-26(37)20-9-19(20)12-31)33-14-22(18)23(10-17)34-27(38)40-29(2,3)4/h8,10-11,13-15,19-20H,9H2,1-7H3,(H,34,38)(H,35,39)(H,33,36,37). The number of nitrogens with zero attached hydrogens (tertiary/aromatic N) is 3. The van der Waals surface area contributed by atoms with E-state index in [2.05, 4.69) is 32.0 Å². The molecule has 1 fully saturated rings. The second-order valence-electron chi connectivity index (χ2n) is 12.0. The number of hydrogen-bond acceptors (Lipinski definition) is 8. The molecule has 0 spiro atoms. The number of pyridine rings is 2. The summed E-state index contributed by atoms with van der Waals surface area (Å²) in [6.07, 6.45) is 4.04. The predicted molar refractivity (Wildman–Crippen MR) is 155 cm³/mol. The molecular formula is C30H34N6O5. The van der Waals surface area contributed by atoms with Crippen molar-refractivity contribution in [2.45, 2.75) is 66.1 Å². The fourth-order valence-electron chi connectivity index (χ4n) is 4.20. The molecule has 1 aromatic carbocycles.